The van der Waals surface area contributed by atoms with Gasteiger partial charge in [-0.2, -0.15) is 0 Å². The van der Waals surface area contributed by atoms with Gasteiger partial charge in [0.25, 0.3) is 10.0 Å². The number of likely N-dealkylation sites (tertiary alicyclic amines) is 1. The molecule has 2 aliphatic heterocycles. The molecule has 0 radical (unpaired) electrons. The molecule has 1 spiro atoms. The summed E-state index contributed by atoms with van der Waals surface area (Å²) in [5, 5.41) is 0.798. The van der Waals surface area contributed by atoms with Crippen molar-refractivity contribution in [3.05, 3.63) is 66.6 Å². The fourth-order valence-electron chi connectivity index (χ4n) is 6.01. The van der Waals surface area contributed by atoms with E-state index in [1.165, 1.54) is 20.5 Å². The smallest absolute Gasteiger partial charge is 0.410 e. The summed E-state index contributed by atoms with van der Waals surface area (Å²) in [4.78, 5) is 29.2. The van der Waals surface area contributed by atoms with Crippen LogP contribution in [0, 0.1) is 17.0 Å². The highest BCUT2D eigenvalue weighted by Gasteiger charge is 2.50. The third-order valence-electron chi connectivity index (χ3n) is 8.29. The largest absolute Gasteiger partial charge is 0.479 e. The van der Waals surface area contributed by atoms with Crippen LogP contribution in [0.4, 0.5) is 25.1 Å². The van der Waals surface area contributed by atoms with Crippen molar-refractivity contribution in [2.45, 2.75) is 37.7 Å². The molecule has 4 aromatic rings. The summed E-state index contributed by atoms with van der Waals surface area (Å²) in [6.07, 6.45) is 3.68. The third kappa shape index (κ3) is 5.77. The predicted octanol–water partition coefficient (Wildman–Crippen LogP) is 5.25. The number of ether oxygens (including phenoxy) is 2. The van der Waals surface area contributed by atoms with Crippen LogP contribution in [0.15, 0.2) is 59.9 Å². The zero-order valence-corrected chi connectivity index (χ0v) is 26.9. The van der Waals surface area contributed by atoms with Crippen LogP contribution >= 0.6 is 0 Å². The number of fused-ring (bicyclic) bond motifs is 1. The number of halogens is 2. The Morgan fingerprint density at radius 3 is 2.46 bits per heavy atom. The van der Waals surface area contributed by atoms with Crippen molar-refractivity contribution in [2.75, 3.05) is 49.5 Å². The van der Waals surface area contributed by atoms with Gasteiger partial charge >= 0.3 is 6.09 Å². The molecule has 4 heterocycles. The van der Waals surface area contributed by atoms with E-state index >= 15 is 0 Å². The van der Waals surface area contributed by atoms with Gasteiger partial charge in [0.1, 0.15) is 40.0 Å². The van der Waals surface area contributed by atoms with E-state index in [2.05, 4.69) is 19.9 Å². The van der Waals surface area contributed by atoms with Crippen molar-refractivity contribution in [3.63, 3.8) is 0 Å². The quantitative estimate of drug-likeness (QED) is 0.275. The molecule has 46 heavy (non-hydrogen) atoms. The number of sulfonamides is 1. The molecular weight excluding hydrogens is 618 g/mol. The Bertz CT molecular complexity index is 1950. The number of nitrogens with zero attached hydrogens (tertiary/aromatic N) is 6. The lowest BCUT2D eigenvalue weighted by atomic mass is 9.79. The van der Waals surface area contributed by atoms with E-state index < -0.39 is 32.2 Å². The Morgan fingerprint density at radius 1 is 1.00 bits per heavy atom. The van der Waals surface area contributed by atoms with E-state index in [0.717, 1.165) is 52.7 Å². The van der Waals surface area contributed by atoms with Crippen LogP contribution in [0.2, 0.25) is 0 Å². The fraction of sp³-hybridized carbons (Fsp3) is 0.375. The minimum atomic E-state index is -4.44. The molecule has 2 aliphatic rings. The van der Waals surface area contributed by atoms with E-state index in [1.54, 1.807) is 17.2 Å². The molecule has 14 heteroatoms. The monoisotopic (exact) mass is 652 g/mol. The van der Waals surface area contributed by atoms with Gasteiger partial charge in [-0.05, 0) is 63.1 Å². The number of amides is 1. The second-order valence-corrected chi connectivity index (χ2v) is 14.7. The Balaban J connectivity index is 1.29. The van der Waals surface area contributed by atoms with E-state index in [-0.39, 0.29) is 23.1 Å². The number of methoxy groups -OCH3 is 1. The van der Waals surface area contributed by atoms with E-state index in [0.29, 0.717) is 30.3 Å². The van der Waals surface area contributed by atoms with Crippen LogP contribution in [0.25, 0.3) is 22.0 Å². The van der Waals surface area contributed by atoms with Crippen molar-refractivity contribution < 1.29 is 31.5 Å². The second-order valence-electron chi connectivity index (χ2n) is 12.7. The molecule has 0 atom stereocenters. The Kier molecular flexibility index (Phi) is 7.74. The zero-order chi connectivity index (χ0) is 33.0. The summed E-state index contributed by atoms with van der Waals surface area (Å²) < 4.78 is 66.5. The van der Waals surface area contributed by atoms with Crippen molar-refractivity contribution in [3.8, 4) is 17.0 Å². The minimum Gasteiger partial charge on any atom is -0.479 e. The van der Waals surface area contributed by atoms with Gasteiger partial charge in [-0.25, -0.2) is 36.9 Å². The molecule has 0 saturated carbocycles. The Labute approximate surface area is 265 Å². The summed E-state index contributed by atoms with van der Waals surface area (Å²) >= 11 is 0. The Morgan fingerprint density at radius 2 is 1.76 bits per heavy atom. The highest BCUT2D eigenvalue weighted by atomic mass is 32.2. The average Bonchev–Trinajstić information content (AvgIpc) is 3.44. The molecule has 11 nitrogen and oxygen atoms in total. The lowest BCUT2D eigenvalue weighted by molar-refractivity contribution is -0.0266. The van der Waals surface area contributed by atoms with Crippen LogP contribution in [-0.2, 0) is 14.8 Å². The number of hydrogen-bond acceptors (Lipinski definition) is 9. The predicted molar refractivity (Wildman–Crippen MR) is 168 cm³/mol. The second kappa shape index (κ2) is 11.3. The summed E-state index contributed by atoms with van der Waals surface area (Å²) in [6, 6.07) is 9.49. The number of carbonyl (C=O) groups is 1. The van der Waals surface area contributed by atoms with Gasteiger partial charge in [-0.1, -0.05) is 6.07 Å². The van der Waals surface area contributed by atoms with Crippen molar-refractivity contribution in [1.29, 1.82) is 0 Å². The van der Waals surface area contributed by atoms with E-state index in [4.69, 9.17) is 9.47 Å². The van der Waals surface area contributed by atoms with E-state index in [9.17, 15) is 22.0 Å². The van der Waals surface area contributed by atoms with Gasteiger partial charge in [-0.3, -0.25) is 4.31 Å². The maximum Gasteiger partial charge on any atom is 0.410 e. The fourth-order valence-corrected chi connectivity index (χ4v) is 7.24. The maximum absolute atomic E-state index is 14.5. The molecule has 0 unspecified atom stereocenters. The van der Waals surface area contributed by atoms with Crippen LogP contribution in [0.3, 0.4) is 0 Å². The van der Waals surface area contributed by atoms with Crippen LogP contribution in [-0.4, -0.2) is 80.3 Å². The first-order chi connectivity index (χ1) is 21.7. The lowest BCUT2D eigenvalue weighted by Gasteiger charge is -2.47. The summed E-state index contributed by atoms with van der Waals surface area (Å²) in [7, 11) is -1.84. The average molecular weight is 653 g/mol. The molecule has 6 rings (SSSR count). The first-order valence-corrected chi connectivity index (χ1v) is 16.1. The van der Waals surface area contributed by atoms with Gasteiger partial charge in [0.2, 0.25) is 5.88 Å². The number of rotatable bonds is 6. The van der Waals surface area contributed by atoms with Gasteiger partial charge in [0.15, 0.2) is 0 Å². The summed E-state index contributed by atoms with van der Waals surface area (Å²) in [6.45, 7) is 8.27. The number of pyridine rings is 1. The first-order valence-electron chi connectivity index (χ1n) is 14.7. The zero-order valence-electron chi connectivity index (χ0n) is 26.1. The van der Waals surface area contributed by atoms with Crippen LogP contribution in [0.5, 0.6) is 5.88 Å². The molecule has 2 saturated heterocycles. The van der Waals surface area contributed by atoms with Crippen molar-refractivity contribution >= 4 is 38.5 Å². The van der Waals surface area contributed by atoms with Crippen molar-refractivity contribution in [1.82, 2.24) is 19.9 Å². The standard InChI is InChI=1S/C32H34F2N6O5S/c1-31(2,3)45-30(41)40-17-32(18-40)10-11-39(16-32)28-23-12-20(6-8-25(23)36-19-37-28)21-13-26(29(44-5)35-15-21)38(4)46(42,43)27-9-7-22(33)14-24(27)34/h6-9,12-15,19H,10-11,16-18H2,1-5H3. The molecule has 0 bridgehead atoms. The number of benzene rings is 2. The summed E-state index contributed by atoms with van der Waals surface area (Å²) in [5.41, 5.74) is 1.48. The molecule has 242 valence electrons. The maximum atomic E-state index is 14.5. The number of aromatic nitrogens is 3. The topological polar surface area (TPSA) is 118 Å². The van der Waals surface area contributed by atoms with Crippen LogP contribution in [0.1, 0.15) is 27.2 Å². The molecule has 1 amide bonds. The SMILES string of the molecule is COc1ncc(-c2ccc3ncnc(N4CCC5(CN(C(=O)OC(C)(C)C)C5)C4)c3c2)cc1N(C)S(=O)(=O)c1ccc(F)cc1F. The normalized spacial score (nSPS) is 16.1. The number of hydrogen-bond donors (Lipinski definition) is 0. The molecule has 0 N–H and O–H groups in total. The third-order valence-corrected chi connectivity index (χ3v) is 10.1. The molecular formula is C32H34F2N6O5S. The number of anilines is 2. The lowest BCUT2D eigenvalue weighted by Crippen LogP contribution is -2.60. The van der Waals surface area contributed by atoms with Gasteiger partial charge < -0.3 is 19.3 Å². The molecule has 0 aliphatic carbocycles. The first kappa shape index (κ1) is 31.4. The van der Waals surface area contributed by atoms with Gasteiger partial charge in [-0.15, -0.1) is 0 Å². The molecule has 2 aromatic heterocycles. The molecule has 2 fully saturated rings. The van der Waals surface area contributed by atoms with Crippen molar-refractivity contribution in [2.24, 2.45) is 5.41 Å². The highest BCUT2D eigenvalue weighted by Crippen LogP contribution is 2.43. The minimum absolute atomic E-state index is 0.00504. The molecule has 2 aromatic carbocycles. The summed E-state index contributed by atoms with van der Waals surface area (Å²) in [5.74, 6) is -1.34. The number of carbonyl (C=O) groups excluding carboxylic acids is 1. The highest BCUT2D eigenvalue weighted by molar-refractivity contribution is 7.92. The van der Waals surface area contributed by atoms with Gasteiger partial charge in [0, 0.05) is 61.9 Å². The van der Waals surface area contributed by atoms with E-state index in [1.807, 2.05) is 39.0 Å². The Hall–Kier alpha value is -4.59. The van der Waals surface area contributed by atoms with Gasteiger partial charge in [0.05, 0.1) is 12.6 Å². The van der Waals surface area contributed by atoms with Crippen LogP contribution < -0.4 is 13.9 Å².